The van der Waals surface area contributed by atoms with Crippen molar-refractivity contribution in [1.29, 1.82) is 0 Å². The molecular weight excluding hydrogens is 164 g/mol. The van der Waals surface area contributed by atoms with E-state index in [2.05, 4.69) is 11.3 Å². The lowest BCUT2D eigenvalue weighted by Gasteiger charge is -1.96. The van der Waals surface area contributed by atoms with E-state index in [1.54, 1.807) is 24.3 Å². The summed E-state index contributed by atoms with van der Waals surface area (Å²) >= 11 is 0. The van der Waals surface area contributed by atoms with Crippen molar-refractivity contribution in [1.82, 2.24) is 0 Å². The van der Waals surface area contributed by atoms with Crippen molar-refractivity contribution in [3.63, 3.8) is 0 Å². The maximum absolute atomic E-state index is 10.9. The van der Waals surface area contributed by atoms with E-state index >= 15 is 0 Å². The molecule has 2 nitrogen and oxygen atoms in total. The fourth-order valence-electron chi connectivity index (χ4n) is 0.616. The average molecular weight is 182 g/mol. The van der Waals surface area contributed by atoms with Gasteiger partial charge in [0.25, 0.3) is 0 Å². The van der Waals surface area contributed by atoms with E-state index in [0.717, 1.165) is 0 Å². The molecule has 0 aliphatic rings. The van der Waals surface area contributed by atoms with Crippen LogP contribution in [0.5, 0.6) is 0 Å². The smallest absolute Gasteiger partial charge is 0.337 e. The van der Waals surface area contributed by atoms with Crippen molar-refractivity contribution in [3.05, 3.63) is 36.5 Å². The number of rotatable bonds is 3. The van der Waals surface area contributed by atoms with Crippen LogP contribution in [0.15, 0.2) is 36.5 Å². The first-order chi connectivity index (χ1) is 6.26. The lowest BCUT2D eigenvalue weighted by molar-refractivity contribution is -0.135. The summed E-state index contributed by atoms with van der Waals surface area (Å²) in [6.45, 7) is 9.31. The van der Waals surface area contributed by atoms with Gasteiger partial charge in [-0.25, -0.2) is 4.79 Å². The van der Waals surface area contributed by atoms with E-state index in [0.29, 0.717) is 5.57 Å². The molecule has 0 bridgehead atoms. The van der Waals surface area contributed by atoms with Crippen molar-refractivity contribution in [2.45, 2.75) is 20.8 Å². The number of hydrogen-bond acceptors (Lipinski definition) is 2. The van der Waals surface area contributed by atoms with E-state index in [-0.39, 0.29) is 5.97 Å². The van der Waals surface area contributed by atoms with Crippen LogP contribution in [0.2, 0.25) is 0 Å². The van der Waals surface area contributed by atoms with E-state index in [4.69, 9.17) is 0 Å². The lowest BCUT2D eigenvalue weighted by atomic mass is 10.2. The topological polar surface area (TPSA) is 26.3 Å². The Hall–Kier alpha value is -1.31. The van der Waals surface area contributed by atoms with E-state index in [1.807, 2.05) is 20.8 Å². The van der Waals surface area contributed by atoms with Crippen LogP contribution in [-0.2, 0) is 9.53 Å². The third-order valence-corrected chi connectivity index (χ3v) is 1.06. The standard InChI is InChI=1S/C9H12O2.C2H6/c1-4-6-8(7-5-2)9(10)11-3;1-2/h4-7H,1H2,2-3H3;1-2H3/b7-5-,8-6+;. The summed E-state index contributed by atoms with van der Waals surface area (Å²) in [5.41, 5.74) is 0.505. The van der Waals surface area contributed by atoms with Gasteiger partial charge in [0.1, 0.15) is 0 Å². The van der Waals surface area contributed by atoms with Gasteiger partial charge in [0.15, 0.2) is 0 Å². The summed E-state index contributed by atoms with van der Waals surface area (Å²) in [4.78, 5) is 10.9. The molecule has 13 heavy (non-hydrogen) atoms. The van der Waals surface area contributed by atoms with Gasteiger partial charge in [-0.05, 0) is 13.0 Å². The second kappa shape index (κ2) is 10.7. The molecule has 0 aliphatic heterocycles. The fourth-order valence-corrected chi connectivity index (χ4v) is 0.616. The normalized spacial score (nSPS) is 10.3. The van der Waals surface area contributed by atoms with Gasteiger partial charge < -0.3 is 4.74 Å². The second-order valence-electron chi connectivity index (χ2n) is 1.85. The van der Waals surface area contributed by atoms with Gasteiger partial charge in [0, 0.05) is 0 Å². The summed E-state index contributed by atoms with van der Waals surface area (Å²) in [5, 5.41) is 0. The van der Waals surface area contributed by atoms with Gasteiger partial charge in [-0.1, -0.05) is 38.7 Å². The number of esters is 1. The van der Waals surface area contributed by atoms with Gasteiger partial charge in [-0.2, -0.15) is 0 Å². The van der Waals surface area contributed by atoms with Gasteiger partial charge in [-0.15, -0.1) is 0 Å². The van der Waals surface area contributed by atoms with Crippen LogP contribution in [0, 0.1) is 0 Å². The highest BCUT2D eigenvalue weighted by molar-refractivity contribution is 5.91. The zero-order valence-electron chi connectivity index (χ0n) is 8.83. The first-order valence-corrected chi connectivity index (χ1v) is 4.30. The van der Waals surface area contributed by atoms with Crippen molar-refractivity contribution in [2.24, 2.45) is 0 Å². The molecule has 0 aliphatic carbocycles. The van der Waals surface area contributed by atoms with Crippen LogP contribution < -0.4 is 0 Å². The van der Waals surface area contributed by atoms with Gasteiger partial charge in [0.2, 0.25) is 0 Å². The first kappa shape index (κ1) is 14.2. The summed E-state index contributed by atoms with van der Waals surface area (Å²) in [7, 11) is 1.35. The predicted octanol–water partition coefficient (Wildman–Crippen LogP) is 2.87. The molecule has 0 fully saturated rings. The minimum absolute atomic E-state index is 0.344. The van der Waals surface area contributed by atoms with Crippen LogP contribution in [0.3, 0.4) is 0 Å². The van der Waals surface area contributed by atoms with Gasteiger partial charge in [0.05, 0.1) is 12.7 Å². The molecule has 0 saturated carbocycles. The van der Waals surface area contributed by atoms with E-state index < -0.39 is 0 Å². The van der Waals surface area contributed by atoms with Crippen molar-refractivity contribution < 1.29 is 9.53 Å². The summed E-state index contributed by atoms with van der Waals surface area (Å²) in [6.07, 6.45) is 6.60. The predicted molar refractivity (Wildman–Crippen MR) is 56.5 cm³/mol. The van der Waals surface area contributed by atoms with Gasteiger partial charge >= 0.3 is 5.97 Å². The van der Waals surface area contributed by atoms with Crippen LogP contribution in [0.4, 0.5) is 0 Å². The molecule has 0 N–H and O–H groups in total. The molecule has 0 radical (unpaired) electrons. The van der Waals surface area contributed by atoms with Gasteiger partial charge in [-0.3, -0.25) is 0 Å². The highest BCUT2D eigenvalue weighted by atomic mass is 16.5. The molecule has 0 spiro atoms. The number of carbonyl (C=O) groups excluding carboxylic acids is 1. The SMILES string of the molecule is C=C/C=C(\C=C/C)C(=O)OC.CC. The Balaban J connectivity index is 0. The maximum Gasteiger partial charge on any atom is 0.337 e. The van der Waals surface area contributed by atoms with Crippen LogP contribution in [0.1, 0.15) is 20.8 Å². The molecule has 0 aromatic rings. The molecule has 0 unspecified atom stereocenters. The van der Waals surface area contributed by atoms with Crippen LogP contribution in [0.25, 0.3) is 0 Å². The number of hydrogen-bond donors (Lipinski definition) is 0. The summed E-state index contributed by atoms with van der Waals surface area (Å²) in [6, 6.07) is 0. The molecule has 0 heterocycles. The Labute approximate surface area is 80.6 Å². The van der Waals surface area contributed by atoms with Crippen molar-refractivity contribution in [3.8, 4) is 0 Å². The van der Waals surface area contributed by atoms with Crippen molar-refractivity contribution in [2.75, 3.05) is 7.11 Å². The number of methoxy groups -OCH3 is 1. The molecule has 0 amide bonds. The third kappa shape index (κ3) is 7.06. The number of carbonyl (C=O) groups is 1. The number of ether oxygens (including phenoxy) is 1. The van der Waals surface area contributed by atoms with E-state index in [1.165, 1.54) is 7.11 Å². The zero-order chi connectivity index (χ0) is 10.7. The molecular formula is C11H18O2. The monoisotopic (exact) mass is 182 g/mol. The Morgan fingerprint density at radius 3 is 2.23 bits per heavy atom. The van der Waals surface area contributed by atoms with E-state index in [9.17, 15) is 4.79 Å². The molecule has 0 saturated heterocycles. The summed E-state index contributed by atoms with van der Waals surface area (Å²) < 4.78 is 4.51. The maximum atomic E-state index is 10.9. The van der Waals surface area contributed by atoms with Crippen LogP contribution in [-0.4, -0.2) is 13.1 Å². The summed E-state index contributed by atoms with van der Waals surface area (Å²) in [5.74, 6) is -0.344. The molecule has 2 heteroatoms. The highest BCUT2D eigenvalue weighted by Crippen LogP contribution is 1.99. The second-order valence-corrected chi connectivity index (χ2v) is 1.85. The quantitative estimate of drug-likeness (QED) is 0.381. The Morgan fingerprint density at radius 1 is 1.38 bits per heavy atom. The minimum atomic E-state index is -0.344. The lowest BCUT2D eigenvalue weighted by Crippen LogP contribution is -2.01. The molecule has 0 rings (SSSR count). The highest BCUT2D eigenvalue weighted by Gasteiger charge is 2.02. The Bertz CT molecular complexity index is 200. The third-order valence-electron chi connectivity index (χ3n) is 1.06. The number of allylic oxidation sites excluding steroid dienone is 3. The van der Waals surface area contributed by atoms with Crippen LogP contribution >= 0.6 is 0 Å². The fraction of sp³-hybridized carbons (Fsp3) is 0.364. The first-order valence-electron chi connectivity index (χ1n) is 4.30. The molecule has 0 aromatic carbocycles. The largest absolute Gasteiger partial charge is 0.465 e. The molecule has 74 valence electrons. The Morgan fingerprint density at radius 2 is 1.92 bits per heavy atom. The zero-order valence-corrected chi connectivity index (χ0v) is 8.83. The molecule has 0 aromatic heterocycles. The minimum Gasteiger partial charge on any atom is -0.465 e. The Kier molecular flexibility index (Phi) is 11.7. The average Bonchev–Trinajstić information content (AvgIpc) is 2.19. The van der Waals surface area contributed by atoms with Crippen molar-refractivity contribution >= 4 is 5.97 Å². The molecule has 0 atom stereocenters.